The van der Waals surface area contributed by atoms with Crippen LogP contribution >= 0.6 is 11.6 Å². The molecular weight excluding hydrogens is 443 g/mol. The number of anilines is 1. The normalized spacial score (nSPS) is 15.5. The summed E-state index contributed by atoms with van der Waals surface area (Å²) >= 11 is 5.83. The van der Waals surface area contributed by atoms with E-state index in [-0.39, 0.29) is 35.3 Å². The van der Waals surface area contributed by atoms with Crippen LogP contribution in [0.3, 0.4) is 0 Å². The zero-order chi connectivity index (χ0) is 23.6. The summed E-state index contributed by atoms with van der Waals surface area (Å²) < 4.78 is 40.0. The lowest BCUT2D eigenvalue weighted by Crippen LogP contribution is -2.66. The summed E-state index contributed by atoms with van der Waals surface area (Å²) in [6.07, 6.45) is -2.53. The summed E-state index contributed by atoms with van der Waals surface area (Å²) in [4.78, 5) is 27.3. The Morgan fingerprint density at radius 1 is 1.19 bits per heavy atom. The second-order valence-electron chi connectivity index (χ2n) is 8.23. The highest BCUT2D eigenvalue weighted by Crippen LogP contribution is 2.40. The molecule has 1 aliphatic heterocycles. The van der Waals surface area contributed by atoms with Gasteiger partial charge in [-0.1, -0.05) is 49.7 Å². The molecule has 0 unspecified atom stereocenters. The van der Waals surface area contributed by atoms with E-state index < -0.39 is 36.0 Å². The fraction of sp³-hybridized carbons (Fsp3) is 0.391. The molecule has 2 aromatic rings. The van der Waals surface area contributed by atoms with Crippen LogP contribution in [-0.2, 0) is 10.2 Å². The number of hydrogen-bond donors (Lipinski definition) is 2. The summed E-state index contributed by atoms with van der Waals surface area (Å²) in [5.74, 6) is -1.75. The Morgan fingerprint density at radius 3 is 2.44 bits per heavy atom. The lowest BCUT2D eigenvalue weighted by molar-refractivity contribution is -0.129. The van der Waals surface area contributed by atoms with Gasteiger partial charge in [0.15, 0.2) is 0 Å². The van der Waals surface area contributed by atoms with E-state index in [1.165, 1.54) is 11.9 Å². The highest BCUT2D eigenvalue weighted by atomic mass is 35.5. The smallest absolute Gasteiger partial charge is 0.253 e. The largest absolute Gasteiger partial charge is 0.355 e. The number of carbonyl (C=O) groups is 2. The van der Waals surface area contributed by atoms with Crippen LogP contribution in [0.4, 0.5) is 18.9 Å². The Morgan fingerprint density at radius 2 is 1.84 bits per heavy atom. The van der Waals surface area contributed by atoms with Crippen molar-refractivity contribution < 1.29 is 22.8 Å². The third-order valence-corrected chi connectivity index (χ3v) is 5.99. The lowest BCUT2D eigenvalue weighted by atomic mass is 9.69. The number of halogens is 4. The maximum Gasteiger partial charge on any atom is 0.253 e. The van der Waals surface area contributed by atoms with E-state index in [1.54, 1.807) is 6.07 Å². The molecule has 2 amide bonds. The van der Waals surface area contributed by atoms with Gasteiger partial charge >= 0.3 is 0 Å². The maximum atomic E-state index is 14.2. The van der Waals surface area contributed by atoms with E-state index >= 15 is 0 Å². The average molecular weight is 468 g/mol. The number of alkyl halides is 2. The van der Waals surface area contributed by atoms with E-state index in [1.807, 2.05) is 32.0 Å². The number of likely N-dealkylation sites (tertiary alicyclic amines) is 1. The Bertz CT molecular complexity index is 1020. The highest BCUT2D eigenvalue weighted by molar-refractivity contribution is 6.31. The molecule has 3 rings (SSSR count). The minimum Gasteiger partial charge on any atom is -0.355 e. The molecule has 1 aliphatic rings. The molecular formula is C23H25ClF3N3O2. The van der Waals surface area contributed by atoms with Crippen molar-refractivity contribution in [3.8, 4) is 0 Å². The molecule has 0 saturated carbocycles. The molecule has 2 aromatic carbocycles. The first-order chi connectivity index (χ1) is 15.1. The monoisotopic (exact) mass is 467 g/mol. The highest BCUT2D eigenvalue weighted by Gasteiger charge is 2.52. The molecule has 0 bridgehead atoms. The summed E-state index contributed by atoms with van der Waals surface area (Å²) in [7, 11) is 1.40. The first kappa shape index (κ1) is 24.1. The van der Waals surface area contributed by atoms with Crippen molar-refractivity contribution in [1.82, 2.24) is 10.2 Å². The summed E-state index contributed by atoms with van der Waals surface area (Å²) in [5, 5.41) is 4.84. The van der Waals surface area contributed by atoms with Crippen LogP contribution < -0.4 is 10.6 Å². The Balaban J connectivity index is 2.02. The van der Waals surface area contributed by atoms with Gasteiger partial charge in [0.05, 0.1) is 28.2 Å². The van der Waals surface area contributed by atoms with E-state index in [0.29, 0.717) is 0 Å². The predicted octanol–water partition coefficient (Wildman–Crippen LogP) is 4.42. The van der Waals surface area contributed by atoms with E-state index in [2.05, 4.69) is 10.6 Å². The molecule has 1 fully saturated rings. The number of rotatable bonds is 7. The van der Waals surface area contributed by atoms with E-state index in [4.69, 9.17) is 11.6 Å². The van der Waals surface area contributed by atoms with Crippen LogP contribution in [0.5, 0.6) is 0 Å². The van der Waals surface area contributed by atoms with Crippen molar-refractivity contribution >= 4 is 29.1 Å². The van der Waals surface area contributed by atoms with Crippen LogP contribution in [0.25, 0.3) is 0 Å². The number of benzene rings is 2. The summed E-state index contributed by atoms with van der Waals surface area (Å²) in [6.45, 7) is 3.69. The predicted molar refractivity (Wildman–Crippen MR) is 118 cm³/mol. The minimum atomic E-state index is -2.53. The number of amides is 2. The average Bonchev–Trinajstić information content (AvgIpc) is 2.71. The molecule has 1 heterocycles. The van der Waals surface area contributed by atoms with Gasteiger partial charge in [-0.15, -0.1) is 0 Å². The zero-order valence-corrected chi connectivity index (χ0v) is 18.8. The van der Waals surface area contributed by atoms with Crippen LogP contribution in [0.15, 0.2) is 36.4 Å². The van der Waals surface area contributed by atoms with Gasteiger partial charge in [0.25, 0.3) is 12.3 Å². The maximum absolute atomic E-state index is 14.2. The van der Waals surface area contributed by atoms with E-state index in [9.17, 15) is 22.8 Å². The van der Waals surface area contributed by atoms with Crippen molar-refractivity contribution in [1.29, 1.82) is 0 Å². The van der Waals surface area contributed by atoms with Crippen molar-refractivity contribution in [3.63, 3.8) is 0 Å². The van der Waals surface area contributed by atoms with Crippen LogP contribution in [0.1, 0.15) is 41.3 Å². The summed E-state index contributed by atoms with van der Waals surface area (Å²) in [5.41, 5.74) is 0.501. The SMILES string of the molecule is CNC(=O)c1cc(Cl)c(F)cc1NC(=O)C1(c2ccccc2C(C)C)CN(CC(F)F)C1. The molecule has 2 N–H and O–H groups in total. The second-order valence-corrected chi connectivity index (χ2v) is 8.64. The Hall–Kier alpha value is -2.58. The molecule has 1 saturated heterocycles. The van der Waals surface area contributed by atoms with Gasteiger partial charge in [0.1, 0.15) is 5.82 Å². The van der Waals surface area contributed by atoms with Gasteiger partial charge < -0.3 is 10.6 Å². The van der Waals surface area contributed by atoms with E-state index in [0.717, 1.165) is 23.3 Å². The van der Waals surface area contributed by atoms with Gasteiger partial charge in [0.2, 0.25) is 5.91 Å². The topological polar surface area (TPSA) is 61.4 Å². The number of nitrogens with zero attached hydrogens (tertiary/aromatic N) is 1. The number of hydrogen-bond acceptors (Lipinski definition) is 3. The quantitative estimate of drug-likeness (QED) is 0.633. The molecule has 0 aliphatic carbocycles. The molecule has 0 spiro atoms. The first-order valence-corrected chi connectivity index (χ1v) is 10.6. The second kappa shape index (κ2) is 9.50. The Kier molecular flexibility index (Phi) is 7.15. The fourth-order valence-electron chi connectivity index (χ4n) is 4.13. The number of nitrogens with one attached hydrogen (secondary N) is 2. The lowest BCUT2D eigenvalue weighted by Gasteiger charge is -2.50. The van der Waals surface area contributed by atoms with Gasteiger partial charge in [-0.25, -0.2) is 13.2 Å². The van der Waals surface area contributed by atoms with Crippen LogP contribution in [-0.4, -0.2) is 49.8 Å². The van der Waals surface area contributed by atoms with Gasteiger partial charge in [-0.2, -0.15) is 0 Å². The van der Waals surface area contributed by atoms with Gasteiger partial charge in [-0.05, 0) is 29.2 Å². The van der Waals surface area contributed by atoms with Crippen LogP contribution in [0, 0.1) is 5.82 Å². The molecule has 0 aromatic heterocycles. The zero-order valence-electron chi connectivity index (χ0n) is 18.0. The Labute approximate surface area is 189 Å². The molecule has 0 radical (unpaired) electrons. The summed E-state index contributed by atoms with van der Waals surface area (Å²) in [6, 6.07) is 9.51. The van der Waals surface area contributed by atoms with Crippen molar-refractivity contribution in [3.05, 3.63) is 63.9 Å². The van der Waals surface area contributed by atoms with Crippen LogP contribution in [0.2, 0.25) is 5.02 Å². The molecule has 9 heteroatoms. The fourth-order valence-corrected chi connectivity index (χ4v) is 4.29. The van der Waals surface area contributed by atoms with Crippen molar-refractivity contribution in [2.45, 2.75) is 31.6 Å². The van der Waals surface area contributed by atoms with Crippen molar-refractivity contribution in [2.75, 3.05) is 32.0 Å². The standard InChI is InChI=1S/C23H25ClF3N3O2/c1-13(2)14-6-4-5-7-16(14)23(11-30(12-23)10-20(26)27)22(32)29-19-9-18(25)17(24)8-15(19)21(31)28-3/h4-9,13,20H,10-12H2,1-3H3,(H,28,31)(H,29,32). The molecule has 172 valence electrons. The van der Waals surface area contributed by atoms with Crippen molar-refractivity contribution in [2.24, 2.45) is 0 Å². The number of carbonyl (C=O) groups excluding carboxylic acids is 2. The third-order valence-electron chi connectivity index (χ3n) is 5.70. The molecule has 0 atom stereocenters. The molecule has 32 heavy (non-hydrogen) atoms. The van der Waals surface area contributed by atoms with Gasteiger partial charge in [-0.3, -0.25) is 14.5 Å². The first-order valence-electron chi connectivity index (χ1n) is 10.2. The molecule has 5 nitrogen and oxygen atoms in total. The van der Waals surface area contributed by atoms with Gasteiger partial charge in [0, 0.05) is 20.1 Å². The minimum absolute atomic E-state index is 0.00306. The third kappa shape index (κ3) is 4.61.